The number of aromatic nitrogens is 4. The molecule has 0 bridgehead atoms. The quantitative estimate of drug-likeness (QED) is 0.759. The third kappa shape index (κ3) is 3.54. The molecule has 1 N–H and O–H groups in total. The fraction of sp³-hybridized carbons (Fsp3) is 0.421. The summed E-state index contributed by atoms with van der Waals surface area (Å²) in [5, 5.41) is 10.6. The molecular formula is C19H23N5O2. The molecule has 0 aromatic carbocycles. The summed E-state index contributed by atoms with van der Waals surface area (Å²) in [5.74, 6) is 2.30. The lowest BCUT2D eigenvalue weighted by Crippen LogP contribution is -2.35. The first-order chi connectivity index (χ1) is 12.7. The zero-order chi connectivity index (χ0) is 17.9. The number of nitrogens with zero attached hydrogens (tertiary/aromatic N) is 5. The highest BCUT2D eigenvalue weighted by Crippen LogP contribution is 2.30. The van der Waals surface area contributed by atoms with E-state index in [1.807, 2.05) is 42.3 Å². The molecule has 7 nitrogen and oxygen atoms in total. The van der Waals surface area contributed by atoms with Gasteiger partial charge in [0.25, 0.3) is 0 Å². The molecule has 1 saturated heterocycles. The van der Waals surface area contributed by atoms with Crippen molar-refractivity contribution in [2.24, 2.45) is 13.0 Å². The van der Waals surface area contributed by atoms with Crippen LogP contribution in [0, 0.1) is 5.92 Å². The molecule has 136 valence electrons. The van der Waals surface area contributed by atoms with Crippen LogP contribution in [0.25, 0.3) is 11.6 Å². The smallest absolute Gasteiger partial charge is 0.195 e. The third-order valence-electron chi connectivity index (χ3n) is 5.05. The van der Waals surface area contributed by atoms with Crippen LogP contribution < -0.4 is 0 Å². The van der Waals surface area contributed by atoms with Gasteiger partial charge in [0.05, 0.1) is 6.26 Å². The minimum Gasteiger partial charge on any atom is -0.461 e. The third-order valence-corrected chi connectivity index (χ3v) is 5.05. The highest BCUT2D eigenvalue weighted by Gasteiger charge is 2.28. The first kappa shape index (κ1) is 16.9. The maximum Gasteiger partial charge on any atom is 0.195 e. The Bertz CT molecular complexity index is 820. The molecule has 0 amide bonds. The molecule has 1 aliphatic heterocycles. The van der Waals surface area contributed by atoms with E-state index in [-0.39, 0.29) is 5.92 Å². The Kier molecular flexibility index (Phi) is 4.81. The summed E-state index contributed by atoms with van der Waals surface area (Å²) < 4.78 is 7.21. The predicted octanol–water partition coefficient (Wildman–Crippen LogP) is 2.42. The average molecular weight is 353 g/mol. The van der Waals surface area contributed by atoms with Crippen molar-refractivity contribution in [1.29, 1.82) is 0 Å². The van der Waals surface area contributed by atoms with Crippen LogP contribution in [-0.4, -0.2) is 42.6 Å². The van der Waals surface area contributed by atoms with Crippen molar-refractivity contribution >= 4 is 0 Å². The van der Waals surface area contributed by atoms with Gasteiger partial charge in [0, 0.05) is 43.9 Å². The van der Waals surface area contributed by atoms with Crippen molar-refractivity contribution < 1.29 is 9.52 Å². The summed E-state index contributed by atoms with van der Waals surface area (Å²) in [6, 6.07) is 3.68. The van der Waals surface area contributed by atoms with Gasteiger partial charge < -0.3 is 14.1 Å². The second kappa shape index (κ2) is 7.39. The van der Waals surface area contributed by atoms with Crippen molar-refractivity contribution in [2.45, 2.75) is 25.5 Å². The summed E-state index contributed by atoms with van der Waals surface area (Å²) in [7, 11) is 1.92. The van der Waals surface area contributed by atoms with E-state index >= 15 is 0 Å². The SMILES string of the molecule is Cn1ccnc1[C@@H](O)C1CCN(Cc2cnc(-c3ccco3)nc2)CC1. The monoisotopic (exact) mass is 353 g/mol. The number of aliphatic hydroxyl groups excluding tert-OH is 1. The fourth-order valence-corrected chi connectivity index (χ4v) is 3.53. The van der Waals surface area contributed by atoms with Crippen molar-refractivity contribution in [2.75, 3.05) is 13.1 Å². The normalized spacial score (nSPS) is 17.5. The van der Waals surface area contributed by atoms with E-state index in [0.717, 1.165) is 43.9 Å². The Labute approximate surface area is 152 Å². The van der Waals surface area contributed by atoms with Gasteiger partial charge in [-0.2, -0.15) is 0 Å². The van der Waals surface area contributed by atoms with Crippen LogP contribution in [0.4, 0.5) is 0 Å². The van der Waals surface area contributed by atoms with Gasteiger partial charge in [-0.25, -0.2) is 15.0 Å². The van der Waals surface area contributed by atoms with Gasteiger partial charge in [-0.1, -0.05) is 0 Å². The summed E-state index contributed by atoms with van der Waals surface area (Å²) in [6.45, 7) is 2.72. The Hall–Kier alpha value is -2.51. The van der Waals surface area contributed by atoms with E-state index in [1.54, 1.807) is 12.5 Å². The maximum absolute atomic E-state index is 10.6. The molecule has 26 heavy (non-hydrogen) atoms. The molecule has 0 saturated carbocycles. The van der Waals surface area contributed by atoms with E-state index in [2.05, 4.69) is 19.9 Å². The lowest BCUT2D eigenvalue weighted by Gasteiger charge is -2.33. The van der Waals surface area contributed by atoms with E-state index in [4.69, 9.17) is 4.42 Å². The second-order valence-corrected chi connectivity index (χ2v) is 6.85. The standard InChI is InChI=1S/C19H23N5O2/c1-23-9-6-20-19(23)17(25)15-4-7-24(8-5-15)13-14-11-21-18(22-12-14)16-3-2-10-26-16/h2-3,6,9-12,15,17,25H,4-5,7-8,13H2,1H3/t17-/m0/s1. The molecule has 0 unspecified atom stereocenters. The average Bonchev–Trinajstić information content (AvgIpc) is 3.34. The fourth-order valence-electron chi connectivity index (χ4n) is 3.53. The summed E-state index contributed by atoms with van der Waals surface area (Å²) >= 11 is 0. The minimum atomic E-state index is -0.493. The molecular weight excluding hydrogens is 330 g/mol. The highest BCUT2D eigenvalue weighted by atomic mass is 16.3. The van der Waals surface area contributed by atoms with Crippen molar-refractivity contribution in [3.8, 4) is 11.6 Å². The lowest BCUT2D eigenvalue weighted by atomic mass is 9.90. The molecule has 0 aliphatic carbocycles. The van der Waals surface area contributed by atoms with Crippen LogP contribution in [0.15, 0.2) is 47.6 Å². The first-order valence-corrected chi connectivity index (χ1v) is 8.93. The first-order valence-electron chi connectivity index (χ1n) is 8.93. The van der Waals surface area contributed by atoms with E-state index in [9.17, 15) is 5.11 Å². The lowest BCUT2D eigenvalue weighted by molar-refractivity contribution is 0.0491. The number of piperidine rings is 1. The predicted molar refractivity (Wildman–Crippen MR) is 95.9 cm³/mol. The Morgan fingerprint density at radius 1 is 1.23 bits per heavy atom. The zero-order valence-electron chi connectivity index (χ0n) is 14.8. The molecule has 1 fully saturated rings. The molecule has 4 heterocycles. The van der Waals surface area contributed by atoms with Crippen LogP contribution in [0.5, 0.6) is 0 Å². The number of likely N-dealkylation sites (tertiary alicyclic amines) is 1. The number of aryl methyl sites for hydroxylation is 1. The van der Waals surface area contributed by atoms with Crippen molar-refractivity contribution in [3.05, 3.63) is 54.6 Å². The van der Waals surface area contributed by atoms with Gasteiger partial charge in [0.1, 0.15) is 11.9 Å². The summed E-state index contributed by atoms with van der Waals surface area (Å²) in [4.78, 5) is 15.4. The second-order valence-electron chi connectivity index (χ2n) is 6.85. The van der Waals surface area contributed by atoms with Gasteiger partial charge in [-0.05, 0) is 44.0 Å². The number of aliphatic hydroxyl groups is 1. The van der Waals surface area contributed by atoms with Crippen LogP contribution in [0.3, 0.4) is 0 Å². The highest BCUT2D eigenvalue weighted by molar-refractivity contribution is 5.45. The number of hydrogen-bond donors (Lipinski definition) is 1. The van der Waals surface area contributed by atoms with Gasteiger partial charge in [-0.3, -0.25) is 4.90 Å². The number of rotatable bonds is 5. The molecule has 0 radical (unpaired) electrons. The van der Waals surface area contributed by atoms with E-state index in [1.165, 1.54) is 0 Å². The molecule has 3 aromatic heterocycles. The Morgan fingerprint density at radius 3 is 2.62 bits per heavy atom. The number of hydrogen-bond acceptors (Lipinski definition) is 6. The number of imidazole rings is 1. The molecule has 0 spiro atoms. The van der Waals surface area contributed by atoms with Gasteiger partial charge in [0.2, 0.25) is 0 Å². The van der Waals surface area contributed by atoms with Crippen LogP contribution in [0.2, 0.25) is 0 Å². The van der Waals surface area contributed by atoms with Crippen LogP contribution in [0.1, 0.15) is 30.3 Å². The number of furan rings is 1. The topological polar surface area (TPSA) is 80.2 Å². The molecule has 1 aliphatic rings. The minimum absolute atomic E-state index is 0.255. The van der Waals surface area contributed by atoms with Gasteiger partial charge in [0.15, 0.2) is 11.6 Å². The molecule has 7 heteroatoms. The van der Waals surface area contributed by atoms with Crippen LogP contribution >= 0.6 is 0 Å². The van der Waals surface area contributed by atoms with E-state index < -0.39 is 6.10 Å². The zero-order valence-corrected chi connectivity index (χ0v) is 14.8. The van der Waals surface area contributed by atoms with Gasteiger partial charge in [-0.15, -0.1) is 0 Å². The molecule has 1 atom stereocenters. The Balaban J connectivity index is 1.32. The summed E-state index contributed by atoms with van der Waals surface area (Å²) in [5.41, 5.74) is 1.09. The largest absolute Gasteiger partial charge is 0.461 e. The van der Waals surface area contributed by atoms with Crippen molar-refractivity contribution in [3.63, 3.8) is 0 Å². The maximum atomic E-state index is 10.6. The van der Waals surface area contributed by atoms with E-state index in [0.29, 0.717) is 11.6 Å². The van der Waals surface area contributed by atoms with Crippen LogP contribution in [-0.2, 0) is 13.6 Å². The summed E-state index contributed by atoms with van der Waals surface area (Å²) in [6.07, 6.45) is 10.4. The molecule has 4 rings (SSSR count). The molecule has 3 aromatic rings. The van der Waals surface area contributed by atoms with Crippen molar-refractivity contribution in [1.82, 2.24) is 24.4 Å². The Morgan fingerprint density at radius 2 is 2.00 bits per heavy atom. The van der Waals surface area contributed by atoms with Gasteiger partial charge >= 0.3 is 0 Å².